The largest absolute Gasteiger partial charge is 0.457 e. The lowest BCUT2D eigenvalue weighted by atomic mass is 10.2. The molecule has 0 aromatic rings. The van der Waals surface area contributed by atoms with Gasteiger partial charge in [-0.2, -0.15) is 0 Å². The minimum atomic E-state index is -0.222. The standard InChI is InChI=1S/C15H30NO2/c1-5-9-15(17)18-14-13-16(10-6-2,11-7-3)12-8-4/h5,9H,6-8,10-14H2,1-4H3/q+1. The van der Waals surface area contributed by atoms with Gasteiger partial charge in [-0.1, -0.05) is 26.8 Å². The zero-order chi connectivity index (χ0) is 13.9. The fourth-order valence-corrected chi connectivity index (χ4v) is 2.62. The molecule has 0 fully saturated rings. The van der Waals surface area contributed by atoms with Gasteiger partial charge in [0.15, 0.2) is 0 Å². The predicted molar refractivity (Wildman–Crippen MR) is 76.4 cm³/mol. The van der Waals surface area contributed by atoms with Gasteiger partial charge in [0.05, 0.1) is 19.6 Å². The molecule has 0 radical (unpaired) electrons. The molecule has 0 bridgehead atoms. The van der Waals surface area contributed by atoms with Crippen LogP contribution < -0.4 is 0 Å². The molecule has 0 unspecified atom stereocenters. The molecule has 0 N–H and O–H groups in total. The Hall–Kier alpha value is -0.830. The second kappa shape index (κ2) is 10.1. The summed E-state index contributed by atoms with van der Waals surface area (Å²) in [5.41, 5.74) is 0. The van der Waals surface area contributed by atoms with E-state index in [4.69, 9.17) is 4.74 Å². The molecule has 0 atom stereocenters. The molecular weight excluding hydrogens is 226 g/mol. The number of nitrogens with zero attached hydrogens (tertiary/aromatic N) is 1. The van der Waals surface area contributed by atoms with Crippen LogP contribution in [-0.2, 0) is 9.53 Å². The van der Waals surface area contributed by atoms with E-state index in [-0.39, 0.29) is 5.97 Å². The third-order valence-corrected chi connectivity index (χ3v) is 3.21. The summed E-state index contributed by atoms with van der Waals surface area (Å²) in [4.78, 5) is 11.3. The van der Waals surface area contributed by atoms with Gasteiger partial charge in [0.25, 0.3) is 0 Å². The highest BCUT2D eigenvalue weighted by Gasteiger charge is 2.24. The molecule has 0 aliphatic heterocycles. The number of esters is 1. The van der Waals surface area contributed by atoms with E-state index in [1.807, 2.05) is 6.92 Å². The van der Waals surface area contributed by atoms with E-state index >= 15 is 0 Å². The average molecular weight is 256 g/mol. The Morgan fingerprint density at radius 3 is 1.89 bits per heavy atom. The SMILES string of the molecule is CC=CC(=O)OCC[N+](CCC)(CCC)CCC. The highest BCUT2D eigenvalue weighted by molar-refractivity contribution is 5.81. The molecule has 3 nitrogen and oxygen atoms in total. The van der Waals surface area contributed by atoms with Crippen LogP contribution in [0.4, 0.5) is 0 Å². The van der Waals surface area contributed by atoms with E-state index in [0.29, 0.717) is 6.61 Å². The number of carbonyl (C=O) groups is 1. The number of hydrogen-bond acceptors (Lipinski definition) is 2. The summed E-state index contributed by atoms with van der Waals surface area (Å²) in [6.45, 7) is 13.5. The summed E-state index contributed by atoms with van der Waals surface area (Å²) in [5, 5.41) is 0. The fraction of sp³-hybridized carbons (Fsp3) is 0.800. The van der Waals surface area contributed by atoms with Crippen LogP contribution in [0.5, 0.6) is 0 Å². The molecular formula is C15H30NO2+. The van der Waals surface area contributed by atoms with Crippen LogP contribution in [0.1, 0.15) is 47.0 Å². The van der Waals surface area contributed by atoms with Crippen LogP contribution in [0.3, 0.4) is 0 Å². The molecule has 0 aliphatic rings. The van der Waals surface area contributed by atoms with E-state index in [1.54, 1.807) is 6.08 Å². The van der Waals surface area contributed by atoms with E-state index in [0.717, 1.165) is 11.0 Å². The van der Waals surface area contributed by atoms with E-state index < -0.39 is 0 Å². The van der Waals surface area contributed by atoms with Crippen LogP contribution in [0.2, 0.25) is 0 Å². The predicted octanol–water partition coefficient (Wildman–Crippen LogP) is 3.15. The van der Waals surface area contributed by atoms with Crippen LogP contribution in [-0.4, -0.2) is 43.2 Å². The first-order valence-corrected chi connectivity index (χ1v) is 7.28. The summed E-state index contributed by atoms with van der Waals surface area (Å²) in [5.74, 6) is -0.222. The van der Waals surface area contributed by atoms with Gasteiger partial charge >= 0.3 is 5.97 Å². The molecule has 0 saturated carbocycles. The topological polar surface area (TPSA) is 26.3 Å². The van der Waals surface area contributed by atoms with Gasteiger partial charge < -0.3 is 9.22 Å². The van der Waals surface area contributed by atoms with Crippen molar-refractivity contribution in [2.75, 3.05) is 32.8 Å². The van der Waals surface area contributed by atoms with E-state index in [9.17, 15) is 4.79 Å². The minimum Gasteiger partial charge on any atom is -0.457 e. The summed E-state index contributed by atoms with van der Waals surface area (Å²) in [7, 11) is 0. The molecule has 0 aliphatic carbocycles. The molecule has 0 aromatic heterocycles. The van der Waals surface area contributed by atoms with Gasteiger partial charge in [-0.15, -0.1) is 0 Å². The third-order valence-electron chi connectivity index (χ3n) is 3.21. The number of ether oxygens (including phenoxy) is 1. The maximum absolute atomic E-state index is 11.3. The van der Waals surface area contributed by atoms with Crippen molar-refractivity contribution in [3.8, 4) is 0 Å². The monoisotopic (exact) mass is 256 g/mol. The lowest BCUT2D eigenvalue weighted by Gasteiger charge is -2.38. The maximum atomic E-state index is 11.3. The second-order valence-corrected chi connectivity index (χ2v) is 4.90. The Morgan fingerprint density at radius 1 is 1.00 bits per heavy atom. The Labute approximate surface area is 112 Å². The number of carbonyl (C=O) groups excluding carboxylic acids is 1. The summed E-state index contributed by atoms with van der Waals surface area (Å²) >= 11 is 0. The molecule has 0 amide bonds. The van der Waals surface area contributed by atoms with Crippen LogP contribution in [0.15, 0.2) is 12.2 Å². The van der Waals surface area contributed by atoms with Gasteiger partial charge in [0, 0.05) is 6.08 Å². The van der Waals surface area contributed by atoms with Crippen molar-refractivity contribution in [1.29, 1.82) is 0 Å². The van der Waals surface area contributed by atoms with Gasteiger partial charge in [0.2, 0.25) is 0 Å². The quantitative estimate of drug-likeness (QED) is 0.341. The summed E-state index contributed by atoms with van der Waals surface area (Å²) in [6, 6.07) is 0. The van der Waals surface area contributed by atoms with Gasteiger partial charge in [-0.05, 0) is 26.2 Å². The van der Waals surface area contributed by atoms with Crippen molar-refractivity contribution < 1.29 is 14.0 Å². The van der Waals surface area contributed by atoms with Crippen molar-refractivity contribution in [3.05, 3.63) is 12.2 Å². The maximum Gasteiger partial charge on any atom is 0.330 e. The van der Waals surface area contributed by atoms with Crippen LogP contribution in [0, 0.1) is 0 Å². The molecule has 0 aromatic carbocycles. The highest BCUT2D eigenvalue weighted by Crippen LogP contribution is 2.11. The fourth-order valence-electron chi connectivity index (χ4n) is 2.62. The van der Waals surface area contributed by atoms with Gasteiger partial charge in [-0.25, -0.2) is 4.79 Å². The van der Waals surface area contributed by atoms with Crippen molar-refractivity contribution >= 4 is 5.97 Å². The molecule has 0 saturated heterocycles. The third kappa shape index (κ3) is 6.80. The minimum absolute atomic E-state index is 0.222. The Bertz CT molecular complexity index is 232. The summed E-state index contributed by atoms with van der Waals surface area (Å²) < 4.78 is 6.33. The Balaban J connectivity index is 4.33. The number of rotatable bonds is 10. The van der Waals surface area contributed by atoms with Crippen molar-refractivity contribution in [2.24, 2.45) is 0 Å². The molecule has 106 valence electrons. The average Bonchev–Trinajstić information content (AvgIpc) is 2.30. The Morgan fingerprint density at radius 2 is 1.50 bits per heavy atom. The number of quaternary nitrogens is 1. The lowest BCUT2D eigenvalue weighted by molar-refractivity contribution is -0.928. The first kappa shape index (κ1) is 17.2. The number of allylic oxidation sites excluding steroid dienone is 1. The normalized spacial score (nSPS) is 12.0. The smallest absolute Gasteiger partial charge is 0.330 e. The van der Waals surface area contributed by atoms with Crippen molar-refractivity contribution in [1.82, 2.24) is 0 Å². The molecule has 0 rings (SSSR count). The van der Waals surface area contributed by atoms with Gasteiger partial charge in [0.1, 0.15) is 13.2 Å². The molecule has 0 heterocycles. The molecule has 3 heteroatoms. The Kier molecular flexibility index (Phi) is 9.66. The van der Waals surface area contributed by atoms with E-state index in [1.165, 1.54) is 45.0 Å². The van der Waals surface area contributed by atoms with Gasteiger partial charge in [-0.3, -0.25) is 0 Å². The molecule has 18 heavy (non-hydrogen) atoms. The zero-order valence-electron chi connectivity index (χ0n) is 12.6. The summed E-state index contributed by atoms with van der Waals surface area (Å²) in [6.07, 6.45) is 6.75. The van der Waals surface area contributed by atoms with Crippen LogP contribution in [0.25, 0.3) is 0 Å². The highest BCUT2D eigenvalue weighted by atomic mass is 16.5. The lowest BCUT2D eigenvalue weighted by Crippen LogP contribution is -2.51. The zero-order valence-corrected chi connectivity index (χ0v) is 12.6. The van der Waals surface area contributed by atoms with Crippen molar-refractivity contribution in [2.45, 2.75) is 47.0 Å². The number of hydrogen-bond donors (Lipinski definition) is 0. The van der Waals surface area contributed by atoms with Crippen molar-refractivity contribution in [3.63, 3.8) is 0 Å². The second-order valence-electron chi connectivity index (χ2n) is 4.90. The first-order chi connectivity index (χ1) is 8.64. The first-order valence-electron chi connectivity index (χ1n) is 7.28. The van der Waals surface area contributed by atoms with Crippen LogP contribution >= 0.6 is 0 Å². The molecule has 0 spiro atoms. The van der Waals surface area contributed by atoms with E-state index in [2.05, 4.69) is 20.8 Å².